The molecule has 0 bridgehead atoms. The third-order valence-electron chi connectivity index (χ3n) is 5.53. The first-order valence-electron chi connectivity index (χ1n) is 10.7. The first-order chi connectivity index (χ1) is 15.9. The van der Waals surface area contributed by atoms with Crippen LogP contribution in [0.1, 0.15) is 28.8 Å². The summed E-state index contributed by atoms with van der Waals surface area (Å²) >= 11 is 6.01. The number of likely N-dealkylation sites (tertiary alicyclic amines) is 1. The first kappa shape index (κ1) is 23.3. The summed E-state index contributed by atoms with van der Waals surface area (Å²) in [5.74, 6) is 0.513. The van der Waals surface area contributed by atoms with Gasteiger partial charge in [0.1, 0.15) is 12.4 Å². The Hall–Kier alpha value is -2.87. The number of nitrogens with zero attached hydrogens (tertiary/aromatic N) is 1. The molecular formula is C25H25ClN2O4S. The van der Waals surface area contributed by atoms with E-state index in [2.05, 4.69) is 4.72 Å². The van der Waals surface area contributed by atoms with Gasteiger partial charge in [0, 0.05) is 29.7 Å². The molecule has 0 unspecified atom stereocenters. The maximum absolute atomic E-state index is 13.0. The lowest BCUT2D eigenvalue weighted by molar-refractivity contribution is 0.0711. The number of halogens is 1. The van der Waals surface area contributed by atoms with Gasteiger partial charge < -0.3 is 9.64 Å². The largest absolute Gasteiger partial charge is 0.489 e. The Morgan fingerprint density at radius 2 is 1.70 bits per heavy atom. The Morgan fingerprint density at radius 1 is 0.970 bits per heavy atom. The number of benzene rings is 3. The molecule has 33 heavy (non-hydrogen) atoms. The average Bonchev–Trinajstić information content (AvgIpc) is 2.83. The van der Waals surface area contributed by atoms with Gasteiger partial charge in [0.2, 0.25) is 10.0 Å². The Morgan fingerprint density at radius 3 is 2.42 bits per heavy atom. The lowest BCUT2D eigenvalue weighted by Crippen LogP contribution is -2.46. The van der Waals surface area contributed by atoms with Crippen molar-refractivity contribution in [3.63, 3.8) is 0 Å². The zero-order valence-corrected chi connectivity index (χ0v) is 19.6. The smallest absolute Gasteiger partial charge is 0.253 e. The van der Waals surface area contributed by atoms with Gasteiger partial charge in [-0.2, -0.15) is 0 Å². The van der Waals surface area contributed by atoms with E-state index in [4.69, 9.17) is 16.3 Å². The molecule has 1 aliphatic heterocycles. The van der Waals surface area contributed by atoms with Crippen molar-refractivity contribution in [3.05, 3.63) is 95.0 Å². The lowest BCUT2D eigenvalue weighted by Gasteiger charge is -2.32. The number of ether oxygens (including phenoxy) is 1. The molecule has 0 radical (unpaired) electrons. The number of amides is 1. The van der Waals surface area contributed by atoms with E-state index in [1.165, 1.54) is 0 Å². The molecule has 0 saturated carbocycles. The molecule has 6 nitrogen and oxygen atoms in total. The van der Waals surface area contributed by atoms with Gasteiger partial charge in [-0.05, 0) is 60.9 Å². The molecule has 1 aliphatic rings. The molecular weight excluding hydrogens is 460 g/mol. The number of carbonyl (C=O) groups is 1. The van der Waals surface area contributed by atoms with Crippen LogP contribution in [0.15, 0.2) is 83.8 Å². The van der Waals surface area contributed by atoms with Crippen LogP contribution in [0.3, 0.4) is 0 Å². The fourth-order valence-corrected chi connectivity index (χ4v) is 5.32. The highest BCUT2D eigenvalue weighted by Gasteiger charge is 2.27. The fourth-order valence-electron chi connectivity index (χ4n) is 3.78. The van der Waals surface area contributed by atoms with Crippen LogP contribution in [-0.2, 0) is 16.6 Å². The minimum atomic E-state index is -3.57. The van der Waals surface area contributed by atoms with E-state index >= 15 is 0 Å². The number of rotatable bonds is 7. The molecule has 0 spiro atoms. The summed E-state index contributed by atoms with van der Waals surface area (Å²) in [6, 6.07) is 22.7. The van der Waals surface area contributed by atoms with E-state index in [1.54, 1.807) is 59.5 Å². The molecule has 3 aromatic rings. The van der Waals surface area contributed by atoms with Gasteiger partial charge >= 0.3 is 0 Å². The predicted molar refractivity (Wildman–Crippen MR) is 128 cm³/mol. The Balaban J connectivity index is 1.32. The normalized spacial score (nSPS) is 14.8. The first-order valence-corrected chi connectivity index (χ1v) is 12.6. The van der Waals surface area contributed by atoms with Crippen LogP contribution in [-0.4, -0.2) is 38.4 Å². The molecule has 4 rings (SSSR count). The van der Waals surface area contributed by atoms with Crippen LogP contribution in [0.5, 0.6) is 5.75 Å². The molecule has 0 aliphatic carbocycles. The van der Waals surface area contributed by atoms with Gasteiger partial charge in [-0.3, -0.25) is 4.79 Å². The van der Waals surface area contributed by atoms with E-state index in [0.29, 0.717) is 48.9 Å². The van der Waals surface area contributed by atoms with E-state index in [-0.39, 0.29) is 16.8 Å². The second-order valence-corrected chi connectivity index (χ2v) is 10.1. The van der Waals surface area contributed by atoms with E-state index in [9.17, 15) is 13.2 Å². The summed E-state index contributed by atoms with van der Waals surface area (Å²) in [6.45, 7) is 1.31. The summed E-state index contributed by atoms with van der Waals surface area (Å²) in [5, 5.41) is 0.648. The van der Waals surface area contributed by atoms with Gasteiger partial charge in [0.15, 0.2) is 0 Å². The number of sulfonamides is 1. The Labute approximate surface area is 199 Å². The summed E-state index contributed by atoms with van der Waals surface area (Å²) in [4.78, 5) is 15.0. The van der Waals surface area contributed by atoms with Crippen molar-refractivity contribution in [1.82, 2.24) is 9.62 Å². The molecule has 1 N–H and O–H groups in total. The van der Waals surface area contributed by atoms with Crippen molar-refractivity contribution < 1.29 is 17.9 Å². The summed E-state index contributed by atoms with van der Waals surface area (Å²) in [7, 11) is -3.57. The van der Waals surface area contributed by atoms with Crippen molar-refractivity contribution in [3.8, 4) is 5.75 Å². The highest BCUT2D eigenvalue weighted by molar-refractivity contribution is 7.89. The molecule has 1 saturated heterocycles. The van der Waals surface area contributed by atoms with Crippen molar-refractivity contribution in [2.75, 3.05) is 13.1 Å². The predicted octanol–water partition coefficient (Wildman–Crippen LogP) is 4.50. The monoisotopic (exact) mass is 484 g/mol. The SMILES string of the molecule is O=C(c1cccc(OCc2cccc(Cl)c2)c1)N1CCC(NS(=O)(=O)c2ccccc2)CC1. The van der Waals surface area contributed by atoms with Crippen LogP contribution < -0.4 is 9.46 Å². The zero-order chi connectivity index (χ0) is 23.3. The lowest BCUT2D eigenvalue weighted by atomic mass is 10.0. The van der Waals surface area contributed by atoms with Crippen molar-refractivity contribution in [2.24, 2.45) is 0 Å². The van der Waals surface area contributed by atoms with Gasteiger partial charge in [0.25, 0.3) is 5.91 Å². The molecule has 3 aromatic carbocycles. The molecule has 1 fully saturated rings. The van der Waals surface area contributed by atoms with Crippen LogP contribution >= 0.6 is 11.6 Å². The summed E-state index contributed by atoms with van der Waals surface area (Å²) in [5.41, 5.74) is 1.49. The second kappa shape index (κ2) is 10.4. The minimum Gasteiger partial charge on any atom is -0.489 e. The number of hydrogen-bond donors (Lipinski definition) is 1. The topological polar surface area (TPSA) is 75.7 Å². The van der Waals surface area contributed by atoms with Crippen LogP contribution in [0.2, 0.25) is 5.02 Å². The maximum atomic E-state index is 13.0. The Kier molecular flexibility index (Phi) is 7.33. The average molecular weight is 485 g/mol. The van der Waals surface area contributed by atoms with Gasteiger partial charge in [-0.25, -0.2) is 13.1 Å². The van der Waals surface area contributed by atoms with Crippen LogP contribution in [0, 0.1) is 0 Å². The molecule has 172 valence electrons. The molecule has 0 aromatic heterocycles. The summed E-state index contributed by atoms with van der Waals surface area (Å²) in [6.07, 6.45) is 1.12. The maximum Gasteiger partial charge on any atom is 0.253 e. The Bertz CT molecular complexity index is 1210. The highest BCUT2D eigenvalue weighted by Crippen LogP contribution is 2.21. The highest BCUT2D eigenvalue weighted by atomic mass is 35.5. The number of piperidine rings is 1. The van der Waals surface area contributed by atoms with Gasteiger partial charge in [-0.15, -0.1) is 0 Å². The van der Waals surface area contributed by atoms with E-state index in [0.717, 1.165) is 5.56 Å². The number of carbonyl (C=O) groups excluding carboxylic acids is 1. The number of hydrogen-bond acceptors (Lipinski definition) is 4. The molecule has 1 heterocycles. The summed E-state index contributed by atoms with van der Waals surface area (Å²) < 4.78 is 33.7. The van der Waals surface area contributed by atoms with E-state index in [1.807, 2.05) is 24.3 Å². The standard InChI is InChI=1S/C25H25ClN2O4S/c26-21-8-4-6-19(16-21)18-32-23-9-5-7-20(17-23)25(29)28-14-12-22(13-15-28)27-33(30,31)24-10-2-1-3-11-24/h1-11,16-17,22,27H,12-15,18H2. The van der Waals surface area contributed by atoms with Crippen LogP contribution in [0.25, 0.3) is 0 Å². The molecule has 0 atom stereocenters. The van der Waals surface area contributed by atoms with Crippen LogP contribution in [0.4, 0.5) is 0 Å². The minimum absolute atomic E-state index is 0.0902. The van der Waals surface area contributed by atoms with Crippen molar-refractivity contribution in [2.45, 2.75) is 30.4 Å². The molecule has 8 heteroatoms. The number of nitrogens with one attached hydrogen (secondary N) is 1. The third kappa shape index (κ3) is 6.13. The van der Waals surface area contributed by atoms with Gasteiger partial charge in [-0.1, -0.05) is 48.0 Å². The third-order valence-corrected chi connectivity index (χ3v) is 7.30. The van der Waals surface area contributed by atoms with E-state index < -0.39 is 10.0 Å². The van der Waals surface area contributed by atoms with Gasteiger partial charge in [0.05, 0.1) is 4.90 Å². The fraction of sp³-hybridized carbons (Fsp3) is 0.240. The van der Waals surface area contributed by atoms with Crippen molar-refractivity contribution >= 4 is 27.5 Å². The quantitative estimate of drug-likeness (QED) is 0.535. The second-order valence-electron chi connectivity index (χ2n) is 7.95. The zero-order valence-electron chi connectivity index (χ0n) is 18.0. The molecule has 1 amide bonds. The van der Waals surface area contributed by atoms with Crippen molar-refractivity contribution in [1.29, 1.82) is 0 Å².